The lowest BCUT2D eigenvalue weighted by Gasteiger charge is -2.33. The average Bonchev–Trinajstić information content (AvgIpc) is 2.69. The molecule has 1 aromatic carbocycles. The summed E-state index contributed by atoms with van der Waals surface area (Å²) in [5.41, 5.74) is 0.921. The van der Waals surface area contributed by atoms with Crippen LogP contribution in [0.3, 0.4) is 0 Å². The van der Waals surface area contributed by atoms with Gasteiger partial charge in [0.1, 0.15) is 5.82 Å². The minimum Gasteiger partial charge on any atom is -0.335 e. The van der Waals surface area contributed by atoms with Crippen molar-refractivity contribution in [3.05, 3.63) is 35.6 Å². The number of hydrogen-bond donors (Lipinski definition) is 1. The van der Waals surface area contributed by atoms with Crippen LogP contribution in [0.15, 0.2) is 24.3 Å². The second kappa shape index (κ2) is 6.10. The second-order valence-electron chi connectivity index (χ2n) is 5.76. The van der Waals surface area contributed by atoms with E-state index in [4.69, 9.17) is 0 Å². The molecule has 2 atom stereocenters. The van der Waals surface area contributed by atoms with Gasteiger partial charge in [-0.1, -0.05) is 19.1 Å². The minimum absolute atomic E-state index is 0. The number of nitrogens with one attached hydrogen (secondary N) is 1. The van der Waals surface area contributed by atoms with Crippen molar-refractivity contribution in [2.75, 3.05) is 19.6 Å². The van der Waals surface area contributed by atoms with E-state index in [0.29, 0.717) is 5.92 Å². The van der Waals surface area contributed by atoms with Crippen molar-refractivity contribution in [2.45, 2.75) is 19.4 Å². The Morgan fingerprint density at radius 1 is 1.40 bits per heavy atom. The van der Waals surface area contributed by atoms with Gasteiger partial charge < -0.3 is 10.2 Å². The largest absolute Gasteiger partial charge is 0.335 e. The second-order valence-corrected chi connectivity index (χ2v) is 5.76. The minimum atomic E-state index is -0.227. The third-order valence-corrected chi connectivity index (χ3v) is 4.16. The van der Waals surface area contributed by atoms with E-state index in [9.17, 15) is 9.18 Å². The molecule has 110 valence electrons. The first-order valence-corrected chi connectivity index (χ1v) is 6.92. The quantitative estimate of drug-likeness (QED) is 0.909. The topological polar surface area (TPSA) is 32.3 Å². The lowest BCUT2D eigenvalue weighted by molar-refractivity contribution is -0.138. The third-order valence-electron chi connectivity index (χ3n) is 4.16. The first-order valence-electron chi connectivity index (χ1n) is 6.92. The van der Waals surface area contributed by atoms with E-state index in [1.165, 1.54) is 6.07 Å². The highest BCUT2D eigenvalue weighted by Crippen LogP contribution is 2.36. The van der Waals surface area contributed by atoms with Crippen molar-refractivity contribution in [1.82, 2.24) is 10.2 Å². The van der Waals surface area contributed by atoms with Crippen LogP contribution in [-0.4, -0.2) is 30.4 Å². The van der Waals surface area contributed by atoms with Gasteiger partial charge in [-0.15, -0.1) is 12.4 Å². The predicted octanol–water partition coefficient (Wildman–Crippen LogP) is 2.38. The number of hydrogen-bond acceptors (Lipinski definition) is 2. The number of benzene rings is 1. The van der Waals surface area contributed by atoms with E-state index in [1.807, 2.05) is 11.0 Å². The molecule has 1 aromatic rings. The number of rotatable bonds is 2. The third kappa shape index (κ3) is 2.81. The van der Waals surface area contributed by atoms with Crippen LogP contribution in [0.25, 0.3) is 0 Å². The van der Waals surface area contributed by atoms with Crippen LogP contribution < -0.4 is 5.32 Å². The highest BCUT2D eigenvalue weighted by atomic mass is 35.5. The molecule has 0 saturated carbocycles. The molecule has 0 radical (unpaired) electrons. The van der Waals surface area contributed by atoms with Crippen LogP contribution in [0.5, 0.6) is 0 Å². The number of carbonyl (C=O) groups is 1. The molecule has 0 spiro atoms. The van der Waals surface area contributed by atoms with Gasteiger partial charge in [-0.3, -0.25) is 4.79 Å². The molecule has 1 N–H and O–H groups in total. The predicted molar refractivity (Wildman–Crippen MR) is 78.2 cm³/mol. The summed E-state index contributed by atoms with van der Waals surface area (Å²) in [6.07, 6.45) is 0.926. The van der Waals surface area contributed by atoms with E-state index in [-0.39, 0.29) is 36.1 Å². The maximum atomic E-state index is 13.4. The first kappa shape index (κ1) is 15.3. The number of carbonyl (C=O) groups excluding carboxylic acids is 1. The van der Waals surface area contributed by atoms with E-state index in [1.54, 1.807) is 12.1 Å². The molecular weight excluding hydrogens is 279 g/mol. The average molecular weight is 299 g/mol. The fraction of sp³-hybridized carbons (Fsp3) is 0.533. The monoisotopic (exact) mass is 298 g/mol. The highest BCUT2D eigenvalue weighted by Gasteiger charge is 2.38. The van der Waals surface area contributed by atoms with Crippen LogP contribution in [0.2, 0.25) is 0 Å². The molecule has 1 amide bonds. The summed E-state index contributed by atoms with van der Waals surface area (Å²) in [5.74, 6) is 0.582. The van der Waals surface area contributed by atoms with Crippen molar-refractivity contribution < 1.29 is 9.18 Å². The maximum absolute atomic E-state index is 13.4. The van der Waals surface area contributed by atoms with E-state index >= 15 is 0 Å². The van der Waals surface area contributed by atoms with Crippen molar-refractivity contribution >= 4 is 18.3 Å². The molecule has 20 heavy (non-hydrogen) atoms. The van der Waals surface area contributed by atoms with Crippen molar-refractivity contribution in [2.24, 2.45) is 11.8 Å². The van der Waals surface area contributed by atoms with Gasteiger partial charge in [0.25, 0.3) is 0 Å². The summed E-state index contributed by atoms with van der Waals surface area (Å²) in [5, 5.41) is 3.13. The Hall–Kier alpha value is -1.13. The number of amides is 1. The number of likely N-dealkylation sites (tertiary alicyclic amines) is 1. The van der Waals surface area contributed by atoms with Crippen LogP contribution >= 0.6 is 12.4 Å². The van der Waals surface area contributed by atoms with Crippen molar-refractivity contribution in [3.8, 4) is 0 Å². The fourth-order valence-corrected chi connectivity index (χ4v) is 3.02. The van der Waals surface area contributed by atoms with Gasteiger partial charge in [-0.25, -0.2) is 4.39 Å². The molecule has 0 aliphatic carbocycles. The molecule has 2 aliphatic rings. The molecular formula is C15H20ClFN2O. The van der Waals surface area contributed by atoms with Gasteiger partial charge >= 0.3 is 0 Å². The van der Waals surface area contributed by atoms with Gasteiger partial charge in [0.05, 0.1) is 12.0 Å². The molecule has 5 heteroatoms. The Morgan fingerprint density at radius 3 is 2.75 bits per heavy atom. The fourth-order valence-electron chi connectivity index (χ4n) is 3.02. The molecule has 2 unspecified atom stereocenters. The normalized spacial score (nSPS) is 26.0. The summed E-state index contributed by atoms with van der Waals surface area (Å²) in [6.45, 7) is 4.49. The standard InChI is InChI=1S/C15H19FN2O.ClH/c1-10-5-14(11-3-2-4-13(16)6-11)18(9-10)15(19)12-7-17-8-12;/h2-4,6,10,12,14,17H,5,7-9H2,1H3;1H. The van der Waals surface area contributed by atoms with Crippen molar-refractivity contribution in [1.29, 1.82) is 0 Å². The Kier molecular flexibility index (Phi) is 4.66. The van der Waals surface area contributed by atoms with Gasteiger partial charge in [-0.2, -0.15) is 0 Å². The molecule has 2 saturated heterocycles. The van der Waals surface area contributed by atoms with Crippen molar-refractivity contribution in [3.63, 3.8) is 0 Å². The SMILES string of the molecule is CC1CC(c2cccc(F)c2)N(C(=O)C2CNC2)C1.Cl. The zero-order valence-electron chi connectivity index (χ0n) is 11.5. The molecule has 3 nitrogen and oxygen atoms in total. The van der Waals surface area contributed by atoms with E-state index < -0.39 is 0 Å². The van der Waals surface area contributed by atoms with Gasteiger partial charge in [-0.05, 0) is 30.0 Å². The maximum Gasteiger partial charge on any atom is 0.228 e. The zero-order chi connectivity index (χ0) is 13.4. The smallest absolute Gasteiger partial charge is 0.228 e. The van der Waals surface area contributed by atoms with Gasteiger partial charge in [0.2, 0.25) is 5.91 Å². The summed E-state index contributed by atoms with van der Waals surface area (Å²) in [4.78, 5) is 14.4. The van der Waals surface area contributed by atoms with Crippen LogP contribution in [0.4, 0.5) is 4.39 Å². The Morgan fingerprint density at radius 2 is 2.15 bits per heavy atom. The lowest BCUT2D eigenvalue weighted by Crippen LogP contribution is -2.51. The molecule has 2 aliphatic heterocycles. The zero-order valence-corrected chi connectivity index (χ0v) is 12.3. The summed E-state index contributed by atoms with van der Waals surface area (Å²) < 4.78 is 13.4. The first-order chi connectivity index (χ1) is 9.15. The number of nitrogens with zero attached hydrogens (tertiary/aromatic N) is 1. The Labute approximate surface area is 124 Å². The van der Waals surface area contributed by atoms with Crippen LogP contribution in [0.1, 0.15) is 24.9 Å². The van der Waals surface area contributed by atoms with Crippen LogP contribution in [0, 0.1) is 17.7 Å². The van der Waals surface area contributed by atoms with Crippen LogP contribution in [-0.2, 0) is 4.79 Å². The summed E-state index contributed by atoms with van der Waals surface area (Å²) in [6, 6.07) is 6.69. The van der Waals surface area contributed by atoms with E-state index in [2.05, 4.69) is 12.2 Å². The Bertz CT molecular complexity index is 493. The van der Waals surface area contributed by atoms with Gasteiger partial charge in [0, 0.05) is 19.6 Å². The number of halogens is 2. The lowest BCUT2D eigenvalue weighted by atomic mass is 9.98. The summed E-state index contributed by atoms with van der Waals surface area (Å²) >= 11 is 0. The summed E-state index contributed by atoms with van der Waals surface area (Å²) in [7, 11) is 0. The highest BCUT2D eigenvalue weighted by molar-refractivity contribution is 5.85. The molecule has 0 aromatic heterocycles. The van der Waals surface area contributed by atoms with Gasteiger partial charge in [0.15, 0.2) is 0 Å². The molecule has 2 heterocycles. The van der Waals surface area contributed by atoms with E-state index in [0.717, 1.165) is 31.6 Å². The molecule has 2 fully saturated rings. The Balaban J connectivity index is 0.00000147. The molecule has 3 rings (SSSR count). The molecule has 0 bridgehead atoms.